The Labute approximate surface area is 125 Å². The Hall–Kier alpha value is -1.31. The summed E-state index contributed by atoms with van der Waals surface area (Å²) in [7, 11) is 1.68. The number of aromatic amines is 2. The average molecular weight is 343 g/mol. The number of nitrogens with one attached hydrogen (secondary N) is 3. The number of fused-ring (bicyclic) bond motifs is 1. The van der Waals surface area contributed by atoms with Gasteiger partial charge in [-0.25, -0.2) is 4.79 Å². The van der Waals surface area contributed by atoms with Crippen molar-refractivity contribution in [1.29, 1.82) is 0 Å². The number of hydrogen-bond donors (Lipinski definition) is 4. The summed E-state index contributed by atoms with van der Waals surface area (Å²) in [5, 5.41) is 3.42. The van der Waals surface area contributed by atoms with Crippen molar-refractivity contribution in [3.05, 3.63) is 27.1 Å². The van der Waals surface area contributed by atoms with E-state index in [1.807, 2.05) is 12.1 Å². The fourth-order valence-corrected chi connectivity index (χ4v) is 2.61. The number of H-pyrrole nitrogens is 2. The molecule has 5 N–H and O–H groups in total. The predicted molar refractivity (Wildman–Crippen MR) is 84.2 cm³/mol. The highest BCUT2D eigenvalue weighted by Crippen LogP contribution is 2.27. The quantitative estimate of drug-likeness (QED) is 0.616. The summed E-state index contributed by atoms with van der Waals surface area (Å²) >= 11 is 3.51. The first kappa shape index (κ1) is 15.1. The van der Waals surface area contributed by atoms with Crippen molar-refractivity contribution in [3.8, 4) is 0 Å². The maximum Gasteiger partial charge on any atom is 0.323 e. The molecule has 1 aromatic heterocycles. The van der Waals surface area contributed by atoms with Crippen LogP contribution in [0.1, 0.15) is 12.8 Å². The maximum absolute atomic E-state index is 11.3. The van der Waals surface area contributed by atoms with Crippen molar-refractivity contribution in [1.82, 2.24) is 9.97 Å². The Morgan fingerprint density at radius 3 is 2.75 bits per heavy atom. The number of ether oxygens (including phenoxy) is 1. The van der Waals surface area contributed by atoms with Crippen LogP contribution < -0.4 is 16.7 Å². The largest absolute Gasteiger partial charge is 0.383 e. The highest BCUT2D eigenvalue weighted by atomic mass is 79.9. The van der Waals surface area contributed by atoms with Gasteiger partial charge in [0.1, 0.15) is 0 Å². The van der Waals surface area contributed by atoms with Gasteiger partial charge in [-0.2, -0.15) is 0 Å². The van der Waals surface area contributed by atoms with Crippen molar-refractivity contribution in [3.63, 3.8) is 0 Å². The molecule has 0 amide bonds. The molecule has 7 heteroatoms. The zero-order valence-corrected chi connectivity index (χ0v) is 12.9. The van der Waals surface area contributed by atoms with Crippen LogP contribution in [0, 0.1) is 0 Å². The van der Waals surface area contributed by atoms with Crippen LogP contribution in [-0.4, -0.2) is 36.3 Å². The molecule has 1 aromatic carbocycles. The molecular weight excluding hydrogens is 324 g/mol. The molecule has 0 saturated heterocycles. The molecule has 0 saturated carbocycles. The van der Waals surface area contributed by atoms with Crippen LogP contribution in [0.25, 0.3) is 11.0 Å². The van der Waals surface area contributed by atoms with Gasteiger partial charge < -0.3 is 25.8 Å². The number of benzene rings is 1. The first-order chi connectivity index (χ1) is 9.63. The van der Waals surface area contributed by atoms with E-state index in [-0.39, 0.29) is 11.7 Å². The Kier molecular flexibility index (Phi) is 5.22. The normalized spacial score (nSPS) is 12.8. The van der Waals surface area contributed by atoms with Crippen molar-refractivity contribution in [2.45, 2.75) is 18.9 Å². The molecule has 1 heterocycles. The molecule has 1 unspecified atom stereocenters. The molecule has 0 bridgehead atoms. The number of methoxy groups -OCH3 is 1. The fourth-order valence-electron chi connectivity index (χ4n) is 2.15. The second kappa shape index (κ2) is 6.92. The molecular formula is C13H19BrN4O2. The summed E-state index contributed by atoms with van der Waals surface area (Å²) in [5.74, 6) is 0. The molecule has 6 nitrogen and oxygen atoms in total. The Morgan fingerprint density at radius 1 is 1.40 bits per heavy atom. The highest BCUT2D eigenvalue weighted by Gasteiger charge is 2.11. The lowest BCUT2D eigenvalue weighted by molar-refractivity contribution is 0.182. The molecule has 1 atom stereocenters. The monoisotopic (exact) mass is 342 g/mol. The second-order valence-corrected chi connectivity index (χ2v) is 5.54. The number of aromatic nitrogens is 2. The van der Waals surface area contributed by atoms with Gasteiger partial charge in [0.25, 0.3) is 0 Å². The van der Waals surface area contributed by atoms with E-state index in [0.717, 1.165) is 34.0 Å². The smallest absolute Gasteiger partial charge is 0.323 e. The zero-order chi connectivity index (χ0) is 14.5. The van der Waals surface area contributed by atoms with Crippen molar-refractivity contribution >= 4 is 32.7 Å². The SMILES string of the molecule is COCC(CCCN)Nc1cc2[nH]c(=O)[nH]c2cc1Br. The van der Waals surface area contributed by atoms with E-state index in [4.69, 9.17) is 10.5 Å². The molecule has 0 aliphatic carbocycles. The first-order valence-electron chi connectivity index (χ1n) is 6.51. The fraction of sp³-hybridized carbons (Fsp3) is 0.462. The third kappa shape index (κ3) is 3.62. The molecule has 0 radical (unpaired) electrons. The molecule has 0 aliphatic heterocycles. The van der Waals surface area contributed by atoms with E-state index in [1.54, 1.807) is 7.11 Å². The minimum atomic E-state index is -0.208. The lowest BCUT2D eigenvalue weighted by Crippen LogP contribution is -2.26. The Morgan fingerprint density at radius 2 is 2.10 bits per heavy atom. The number of halogens is 1. The van der Waals surface area contributed by atoms with Gasteiger partial charge >= 0.3 is 5.69 Å². The predicted octanol–water partition coefficient (Wildman–Crippen LogP) is 1.78. The Balaban J connectivity index is 2.21. The van der Waals surface area contributed by atoms with Crippen LogP contribution in [-0.2, 0) is 4.74 Å². The van der Waals surface area contributed by atoms with E-state index in [0.29, 0.717) is 13.2 Å². The summed E-state index contributed by atoms with van der Waals surface area (Å²) in [5.41, 5.74) is 7.82. The average Bonchev–Trinajstić information content (AvgIpc) is 2.75. The van der Waals surface area contributed by atoms with E-state index in [1.165, 1.54) is 0 Å². The number of rotatable bonds is 7. The van der Waals surface area contributed by atoms with E-state index in [9.17, 15) is 4.79 Å². The molecule has 2 rings (SSSR count). The van der Waals surface area contributed by atoms with Crippen LogP contribution in [0.5, 0.6) is 0 Å². The van der Waals surface area contributed by atoms with Crippen LogP contribution in [0.15, 0.2) is 21.4 Å². The van der Waals surface area contributed by atoms with Crippen molar-refractivity contribution in [2.75, 3.05) is 25.6 Å². The Bertz CT molecular complexity index is 622. The molecule has 110 valence electrons. The van der Waals surface area contributed by atoms with Gasteiger partial charge in [-0.05, 0) is 47.4 Å². The summed E-state index contributed by atoms with van der Waals surface area (Å²) < 4.78 is 6.12. The number of hydrogen-bond acceptors (Lipinski definition) is 4. The third-order valence-electron chi connectivity index (χ3n) is 3.09. The number of nitrogens with two attached hydrogens (primary N) is 1. The topological polar surface area (TPSA) is 95.9 Å². The lowest BCUT2D eigenvalue weighted by atomic mass is 10.1. The minimum Gasteiger partial charge on any atom is -0.383 e. The minimum absolute atomic E-state index is 0.183. The van der Waals surface area contributed by atoms with E-state index in [2.05, 4.69) is 31.2 Å². The first-order valence-corrected chi connectivity index (χ1v) is 7.30. The van der Waals surface area contributed by atoms with Gasteiger partial charge in [0.15, 0.2) is 0 Å². The van der Waals surface area contributed by atoms with Crippen LogP contribution in [0.3, 0.4) is 0 Å². The third-order valence-corrected chi connectivity index (χ3v) is 3.74. The second-order valence-electron chi connectivity index (χ2n) is 4.68. The molecule has 2 aromatic rings. The molecule has 0 fully saturated rings. The van der Waals surface area contributed by atoms with Gasteiger partial charge in [0.2, 0.25) is 0 Å². The summed E-state index contributed by atoms with van der Waals surface area (Å²) in [4.78, 5) is 16.8. The van der Waals surface area contributed by atoms with Crippen LogP contribution in [0.4, 0.5) is 5.69 Å². The molecule has 20 heavy (non-hydrogen) atoms. The van der Waals surface area contributed by atoms with Crippen LogP contribution in [0.2, 0.25) is 0 Å². The van der Waals surface area contributed by atoms with Gasteiger partial charge in [-0.15, -0.1) is 0 Å². The number of imidazole rings is 1. The maximum atomic E-state index is 11.3. The van der Waals surface area contributed by atoms with Gasteiger partial charge in [-0.3, -0.25) is 0 Å². The van der Waals surface area contributed by atoms with Crippen molar-refractivity contribution in [2.24, 2.45) is 5.73 Å². The van der Waals surface area contributed by atoms with Gasteiger partial charge in [0, 0.05) is 17.6 Å². The molecule has 0 aliphatic rings. The van der Waals surface area contributed by atoms with E-state index < -0.39 is 0 Å². The standard InChI is InChI=1S/C13H19BrN4O2/c1-20-7-8(3-2-4-15)16-10-6-12-11(5-9(10)14)17-13(19)18-12/h5-6,8,16H,2-4,7,15H2,1H3,(H2,17,18,19). The van der Waals surface area contributed by atoms with Crippen molar-refractivity contribution < 1.29 is 4.74 Å². The zero-order valence-electron chi connectivity index (χ0n) is 11.3. The van der Waals surface area contributed by atoms with Crippen LogP contribution >= 0.6 is 15.9 Å². The lowest BCUT2D eigenvalue weighted by Gasteiger charge is -2.20. The summed E-state index contributed by atoms with van der Waals surface area (Å²) in [6, 6.07) is 3.97. The van der Waals surface area contributed by atoms with Gasteiger partial charge in [-0.1, -0.05) is 0 Å². The highest BCUT2D eigenvalue weighted by molar-refractivity contribution is 9.10. The number of anilines is 1. The molecule has 0 spiro atoms. The van der Waals surface area contributed by atoms with Gasteiger partial charge in [0.05, 0.1) is 23.3 Å². The van der Waals surface area contributed by atoms with E-state index >= 15 is 0 Å². The summed E-state index contributed by atoms with van der Waals surface area (Å²) in [6.07, 6.45) is 1.86. The summed E-state index contributed by atoms with van der Waals surface area (Å²) in [6.45, 7) is 1.27.